The van der Waals surface area contributed by atoms with Crippen LogP contribution in [0.1, 0.15) is 28.9 Å². The van der Waals surface area contributed by atoms with Gasteiger partial charge in [-0.25, -0.2) is 8.42 Å². The Bertz CT molecular complexity index is 882. The minimum absolute atomic E-state index is 0.0548. The number of halogens is 1. The van der Waals surface area contributed by atoms with E-state index in [0.29, 0.717) is 11.6 Å². The molecule has 2 rings (SSSR count). The van der Waals surface area contributed by atoms with Gasteiger partial charge in [0.25, 0.3) is 5.91 Å². The van der Waals surface area contributed by atoms with Crippen LogP contribution in [-0.4, -0.2) is 45.6 Å². The molecular formula is C19H23ClN2O3S. The van der Waals surface area contributed by atoms with E-state index in [-0.39, 0.29) is 22.3 Å². The Morgan fingerprint density at radius 1 is 1.12 bits per heavy atom. The second-order valence-electron chi connectivity index (χ2n) is 6.11. The monoisotopic (exact) mass is 394 g/mol. The fourth-order valence-corrected chi connectivity index (χ4v) is 4.04. The first-order valence-electron chi connectivity index (χ1n) is 8.28. The van der Waals surface area contributed by atoms with Crippen molar-refractivity contribution in [3.05, 3.63) is 64.7 Å². The second-order valence-corrected chi connectivity index (χ2v) is 8.76. The van der Waals surface area contributed by atoms with Gasteiger partial charge in [-0.2, -0.15) is 0 Å². The molecule has 1 atom stereocenters. The molecule has 0 aromatic heterocycles. The molecule has 0 aliphatic carbocycles. The summed E-state index contributed by atoms with van der Waals surface area (Å²) in [5.41, 5.74) is 1.06. The Labute approximate surface area is 159 Å². The van der Waals surface area contributed by atoms with Gasteiger partial charge in [0, 0.05) is 11.6 Å². The molecular weight excluding hydrogens is 372 g/mol. The third kappa shape index (κ3) is 4.63. The summed E-state index contributed by atoms with van der Waals surface area (Å²) >= 11 is 6.28. The number of sulfone groups is 1. The molecule has 2 aromatic carbocycles. The molecule has 26 heavy (non-hydrogen) atoms. The zero-order valence-corrected chi connectivity index (χ0v) is 16.6. The van der Waals surface area contributed by atoms with Crippen LogP contribution in [0.5, 0.6) is 0 Å². The molecule has 0 spiro atoms. The summed E-state index contributed by atoms with van der Waals surface area (Å²) in [5, 5.41) is 3.46. The molecule has 0 radical (unpaired) electrons. The van der Waals surface area contributed by atoms with Crippen molar-refractivity contribution in [1.29, 1.82) is 0 Å². The first kappa shape index (κ1) is 20.4. The van der Waals surface area contributed by atoms with E-state index >= 15 is 0 Å². The van der Waals surface area contributed by atoms with E-state index < -0.39 is 15.7 Å². The average molecular weight is 395 g/mol. The molecule has 5 nitrogen and oxygen atoms in total. The maximum Gasteiger partial charge on any atom is 0.252 e. The Kier molecular flexibility index (Phi) is 6.81. The van der Waals surface area contributed by atoms with Gasteiger partial charge >= 0.3 is 0 Å². The van der Waals surface area contributed by atoms with Crippen LogP contribution in [0.25, 0.3) is 0 Å². The summed E-state index contributed by atoms with van der Waals surface area (Å²) in [6.45, 7) is 1.86. The van der Waals surface area contributed by atoms with Gasteiger partial charge in [-0.1, -0.05) is 48.9 Å². The van der Waals surface area contributed by atoms with Crippen LogP contribution in [-0.2, 0) is 9.84 Å². The van der Waals surface area contributed by atoms with Crippen molar-refractivity contribution >= 4 is 27.3 Å². The van der Waals surface area contributed by atoms with Gasteiger partial charge < -0.3 is 10.2 Å². The Morgan fingerprint density at radius 2 is 1.73 bits per heavy atom. The minimum Gasteiger partial charge on any atom is -0.350 e. The maximum atomic E-state index is 12.6. The van der Waals surface area contributed by atoms with Gasteiger partial charge in [-0.3, -0.25) is 4.79 Å². The predicted molar refractivity (Wildman–Crippen MR) is 104 cm³/mol. The molecule has 140 valence electrons. The fourth-order valence-electron chi connectivity index (χ4n) is 2.68. The summed E-state index contributed by atoms with van der Waals surface area (Å²) in [7, 11) is 0.317. The lowest BCUT2D eigenvalue weighted by atomic mass is 10.1. The normalized spacial score (nSPS) is 12.8. The van der Waals surface area contributed by atoms with Gasteiger partial charge in [-0.05, 0) is 37.9 Å². The van der Waals surface area contributed by atoms with E-state index in [2.05, 4.69) is 5.32 Å². The Balaban J connectivity index is 2.24. The first-order chi connectivity index (χ1) is 12.3. The molecule has 2 aromatic rings. The molecule has 1 unspecified atom stereocenters. The summed E-state index contributed by atoms with van der Waals surface area (Å²) in [6, 6.07) is 13.6. The highest BCUT2D eigenvalue weighted by atomic mass is 35.5. The smallest absolute Gasteiger partial charge is 0.252 e. The van der Waals surface area contributed by atoms with Crippen LogP contribution in [0.4, 0.5) is 0 Å². The highest BCUT2D eigenvalue weighted by Crippen LogP contribution is 2.25. The minimum atomic E-state index is -3.48. The van der Waals surface area contributed by atoms with Crippen molar-refractivity contribution in [2.24, 2.45) is 0 Å². The second kappa shape index (κ2) is 8.66. The number of amides is 1. The Hall–Kier alpha value is -1.89. The van der Waals surface area contributed by atoms with E-state index in [1.807, 2.05) is 37.2 Å². The molecule has 0 fully saturated rings. The number of carbonyl (C=O) groups is 1. The highest BCUT2D eigenvalue weighted by molar-refractivity contribution is 7.91. The standard InChI is InChI=1S/C19H23ClN2O3S/c1-4-26(24,25)18-12-8-6-10-15(18)19(23)21-13-17(22(2)3)14-9-5-7-11-16(14)20/h5-12,17H,4,13H2,1-3H3,(H,21,23). The van der Waals surface area contributed by atoms with E-state index in [9.17, 15) is 13.2 Å². The van der Waals surface area contributed by atoms with Crippen LogP contribution in [0, 0.1) is 0 Å². The first-order valence-corrected chi connectivity index (χ1v) is 10.3. The summed E-state index contributed by atoms with van der Waals surface area (Å²) < 4.78 is 24.5. The van der Waals surface area contributed by atoms with Crippen molar-refractivity contribution in [1.82, 2.24) is 10.2 Å². The lowest BCUT2D eigenvalue weighted by Gasteiger charge is -2.26. The molecule has 1 amide bonds. The van der Waals surface area contributed by atoms with Crippen molar-refractivity contribution in [3.8, 4) is 0 Å². The molecule has 0 bridgehead atoms. The van der Waals surface area contributed by atoms with E-state index in [4.69, 9.17) is 11.6 Å². The summed E-state index contributed by atoms with van der Waals surface area (Å²) in [5.74, 6) is -0.478. The number of carbonyl (C=O) groups excluding carboxylic acids is 1. The van der Waals surface area contributed by atoms with E-state index in [1.54, 1.807) is 25.1 Å². The topological polar surface area (TPSA) is 66.5 Å². The van der Waals surface area contributed by atoms with Crippen molar-refractivity contribution in [2.45, 2.75) is 17.9 Å². The van der Waals surface area contributed by atoms with Crippen molar-refractivity contribution in [3.63, 3.8) is 0 Å². The number of benzene rings is 2. The SMILES string of the molecule is CCS(=O)(=O)c1ccccc1C(=O)NCC(c1ccccc1Cl)N(C)C. The fraction of sp³-hybridized carbons (Fsp3) is 0.316. The summed E-state index contributed by atoms with van der Waals surface area (Å²) in [6.07, 6.45) is 0. The zero-order valence-electron chi connectivity index (χ0n) is 15.1. The van der Waals surface area contributed by atoms with Crippen LogP contribution >= 0.6 is 11.6 Å². The van der Waals surface area contributed by atoms with Gasteiger partial charge in [0.15, 0.2) is 9.84 Å². The molecule has 7 heteroatoms. The van der Waals surface area contributed by atoms with Crippen LogP contribution in [0.3, 0.4) is 0 Å². The van der Waals surface area contributed by atoms with Gasteiger partial charge in [-0.15, -0.1) is 0 Å². The number of nitrogens with zero attached hydrogens (tertiary/aromatic N) is 1. The number of nitrogens with one attached hydrogen (secondary N) is 1. The largest absolute Gasteiger partial charge is 0.350 e. The van der Waals surface area contributed by atoms with Crippen LogP contribution in [0.15, 0.2) is 53.4 Å². The van der Waals surface area contributed by atoms with Crippen LogP contribution < -0.4 is 5.32 Å². The van der Waals surface area contributed by atoms with Crippen LogP contribution in [0.2, 0.25) is 5.02 Å². The zero-order chi connectivity index (χ0) is 19.3. The van der Waals surface area contributed by atoms with Crippen molar-refractivity contribution < 1.29 is 13.2 Å². The number of likely N-dealkylation sites (N-methyl/N-ethyl adjacent to an activating group) is 1. The number of hydrogen-bond acceptors (Lipinski definition) is 4. The molecule has 0 saturated heterocycles. The third-order valence-electron chi connectivity index (χ3n) is 4.19. The predicted octanol–water partition coefficient (Wildman–Crippen LogP) is 3.17. The maximum absolute atomic E-state index is 12.6. The van der Waals surface area contributed by atoms with Crippen molar-refractivity contribution in [2.75, 3.05) is 26.4 Å². The van der Waals surface area contributed by atoms with E-state index in [0.717, 1.165) is 5.56 Å². The lowest BCUT2D eigenvalue weighted by Crippen LogP contribution is -2.35. The number of hydrogen-bond donors (Lipinski definition) is 1. The molecule has 1 N–H and O–H groups in total. The number of rotatable bonds is 7. The third-order valence-corrected chi connectivity index (χ3v) is 6.32. The molecule has 0 aliphatic rings. The van der Waals surface area contributed by atoms with Gasteiger partial charge in [0.05, 0.1) is 22.3 Å². The van der Waals surface area contributed by atoms with Gasteiger partial charge in [0.2, 0.25) is 0 Å². The molecule has 0 heterocycles. The van der Waals surface area contributed by atoms with Gasteiger partial charge in [0.1, 0.15) is 0 Å². The molecule has 0 saturated carbocycles. The highest BCUT2D eigenvalue weighted by Gasteiger charge is 2.22. The quantitative estimate of drug-likeness (QED) is 0.783. The average Bonchev–Trinajstić information content (AvgIpc) is 2.63. The van der Waals surface area contributed by atoms with E-state index in [1.165, 1.54) is 12.1 Å². The Morgan fingerprint density at radius 3 is 2.35 bits per heavy atom. The lowest BCUT2D eigenvalue weighted by molar-refractivity contribution is 0.0938. The summed E-state index contributed by atoms with van der Waals surface area (Å²) in [4.78, 5) is 14.7. The molecule has 0 aliphatic heterocycles.